The molecule has 0 radical (unpaired) electrons. The number of fused-ring (bicyclic) bond motifs is 3. The normalized spacial score (nSPS) is 13.1. The molecule has 0 aromatic heterocycles. The number of hydrogen-bond acceptors (Lipinski definition) is 5. The van der Waals surface area contributed by atoms with Crippen LogP contribution in [0.1, 0.15) is 22.6 Å². The number of ether oxygens (including phenoxy) is 1. The lowest BCUT2D eigenvalue weighted by atomic mass is 9.98. The first kappa shape index (κ1) is 21.2. The minimum absolute atomic E-state index is 0.0762. The van der Waals surface area contributed by atoms with Gasteiger partial charge in [-0.15, -0.1) is 0 Å². The standard InChI is InChI=1S/C25H23NO6/c27-22-10-9-15(12-23(22)28)11-16(24(29)30)13-26-25(31)32-14-21-19-7-3-1-5-17(19)18-6-2-4-8-20(18)21/h1-10,12,16,21,27-28H,11,13-14H2,(H,26,31)(H,29,30)/t16-/m0/s1. The number of phenols is 2. The number of benzene rings is 3. The van der Waals surface area contributed by atoms with Crippen LogP contribution in [0.4, 0.5) is 4.79 Å². The molecule has 0 saturated heterocycles. The number of aliphatic carboxylic acids is 1. The highest BCUT2D eigenvalue weighted by Crippen LogP contribution is 2.44. The highest BCUT2D eigenvalue weighted by Gasteiger charge is 2.29. The fourth-order valence-corrected chi connectivity index (χ4v) is 4.08. The Morgan fingerprint density at radius 1 is 0.906 bits per heavy atom. The Morgan fingerprint density at radius 2 is 1.53 bits per heavy atom. The van der Waals surface area contributed by atoms with Gasteiger partial charge in [-0.05, 0) is 46.4 Å². The molecule has 0 unspecified atom stereocenters. The molecule has 1 amide bonds. The molecule has 7 nitrogen and oxygen atoms in total. The zero-order chi connectivity index (χ0) is 22.7. The summed E-state index contributed by atoms with van der Waals surface area (Å²) in [5.41, 5.74) is 4.97. The van der Waals surface area contributed by atoms with Crippen molar-refractivity contribution in [2.75, 3.05) is 13.2 Å². The summed E-state index contributed by atoms with van der Waals surface area (Å²) in [5, 5.41) is 31.0. The van der Waals surface area contributed by atoms with E-state index in [0.717, 1.165) is 22.3 Å². The van der Waals surface area contributed by atoms with E-state index >= 15 is 0 Å². The number of carboxylic acids is 1. The Hall–Kier alpha value is -4.00. The van der Waals surface area contributed by atoms with E-state index < -0.39 is 18.0 Å². The van der Waals surface area contributed by atoms with Crippen molar-refractivity contribution < 1.29 is 29.6 Å². The van der Waals surface area contributed by atoms with Gasteiger partial charge in [0.05, 0.1) is 5.92 Å². The molecule has 0 heterocycles. The molecule has 0 fully saturated rings. The number of amides is 1. The largest absolute Gasteiger partial charge is 0.504 e. The molecule has 0 spiro atoms. The van der Waals surface area contributed by atoms with E-state index in [0.29, 0.717) is 5.56 Å². The fourth-order valence-electron chi connectivity index (χ4n) is 4.08. The first-order valence-electron chi connectivity index (χ1n) is 10.3. The molecule has 1 atom stereocenters. The van der Waals surface area contributed by atoms with Crippen LogP contribution in [0, 0.1) is 5.92 Å². The van der Waals surface area contributed by atoms with Crippen molar-refractivity contribution in [2.24, 2.45) is 5.92 Å². The highest BCUT2D eigenvalue weighted by atomic mass is 16.5. The second-order valence-corrected chi connectivity index (χ2v) is 7.77. The molecule has 0 saturated carbocycles. The van der Waals surface area contributed by atoms with E-state index in [9.17, 15) is 24.9 Å². The summed E-state index contributed by atoms with van der Waals surface area (Å²) in [6.07, 6.45) is -0.612. The monoisotopic (exact) mass is 433 g/mol. The van der Waals surface area contributed by atoms with Crippen molar-refractivity contribution in [3.8, 4) is 22.6 Å². The summed E-state index contributed by atoms with van der Waals surface area (Å²) in [4.78, 5) is 23.9. The van der Waals surface area contributed by atoms with Crippen molar-refractivity contribution >= 4 is 12.1 Å². The maximum atomic E-state index is 12.3. The zero-order valence-corrected chi connectivity index (χ0v) is 17.2. The predicted molar refractivity (Wildman–Crippen MR) is 118 cm³/mol. The molecule has 7 heteroatoms. The Kier molecular flexibility index (Phi) is 5.98. The van der Waals surface area contributed by atoms with E-state index in [2.05, 4.69) is 5.32 Å². The number of nitrogens with one attached hydrogen (secondary N) is 1. The van der Waals surface area contributed by atoms with E-state index in [-0.39, 0.29) is 37.0 Å². The van der Waals surface area contributed by atoms with Crippen LogP contribution in [-0.2, 0) is 16.0 Å². The van der Waals surface area contributed by atoms with Gasteiger partial charge in [-0.2, -0.15) is 0 Å². The van der Waals surface area contributed by atoms with Crippen molar-refractivity contribution in [1.82, 2.24) is 5.32 Å². The van der Waals surface area contributed by atoms with Crippen LogP contribution in [0.15, 0.2) is 66.7 Å². The SMILES string of the molecule is O=C(NC[C@H](Cc1ccc(O)c(O)c1)C(=O)O)OCC1c2ccccc2-c2ccccc21. The van der Waals surface area contributed by atoms with Crippen LogP contribution in [0.5, 0.6) is 11.5 Å². The number of aromatic hydroxyl groups is 2. The molecule has 4 rings (SSSR count). The lowest BCUT2D eigenvalue weighted by molar-refractivity contribution is -0.141. The van der Waals surface area contributed by atoms with Crippen molar-refractivity contribution in [3.05, 3.63) is 83.4 Å². The number of phenolic OH excluding ortho intramolecular Hbond substituents is 2. The Labute approximate surface area is 184 Å². The van der Waals surface area contributed by atoms with Crippen LogP contribution >= 0.6 is 0 Å². The van der Waals surface area contributed by atoms with Crippen LogP contribution in [0.25, 0.3) is 11.1 Å². The first-order valence-corrected chi connectivity index (χ1v) is 10.3. The first-order chi connectivity index (χ1) is 15.4. The minimum Gasteiger partial charge on any atom is -0.504 e. The van der Waals surface area contributed by atoms with Crippen LogP contribution in [-0.4, -0.2) is 40.5 Å². The van der Waals surface area contributed by atoms with Crippen LogP contribution < -0.4 is 5.32 Å². The summed E-state index contributed by atoms with van der Waals surface area (Å²) in [6, 6.07) is 20.1. The number of carbonyl (C=O) groups excluding carboxylic acids is 1. The summed E-state index contributed by atoms with van der Waals surface area (Å²) in [5.74, 6) is -2.69. The van der Waals surface area contributed by atoms with Crippen molar-refractivity contribution in [3.63, 3.8) is 0 Å². The number of carbonyl (C=O) groups is 2. The van der Waals surface area contributed by atoms with Gasteiger partial charge in [0.1, 0.15) is 6.61 Å². The van der Waals surface area contributed by atoms with Crippen LogP contribution in [0.3, 0.4) is 0 Å². The highest BCUT2D eigenvalue weighted by molar-refractivity contribution is 5.79. The zero-order valence-electron chi connectivity index (χ0n) is 17.2. The molecule has 164 valence electrons. The van der Waals surface area contributed by atoms with Crippen molar-refractivity contribution in [1.29, 1.82) is 0 Å². The van der Waals surface area contributed by atoms with Gasteiger partial charge in [0.2, 0.25) is 0 Å². The second-order valence-electron chi connectivity index (χ2n) is 7.77. The lowest BCUT2D eigenvalue weighted by Gasteiger charge is -2.16. The quantitative estimate of drug-likeness (QED) is 0.420. The third-order valence-electron chi connectivity index (χ3n) is 5.71. The average Bonchev–Trinajstić information content (AvgIpc) is 3.11. The van der Waals surface area contributed by atoms with Gasteiger partial charge in [0.15, 0.2) is 11.5 Å². The van der Waals surface area contributed by atoms with E-state index in [1.807, 2.05) is 48.5 Å². The molecule has 3 aromatic carbocycles. The summed E-state index contributed by atoms with van der Waals surface area (Å²) in [7, 11) is 0. The Bertz CT molecular complexity index is 1110. The fraction of sp³-hybridized carbons (Fsp3) is 0.200. The molecule has 1 aliphatic rings. The summed E-state index contributed by atoms with van der Waals surface area (Å²) < 4.78 is 5.44. The molecule has 4 N–H and O–H groups in total. The third kappa shape index (κ3) is 4.37. The predicted octanol–water partition coefficient (Wildman–Crippen LogP) is 3.88. The number of carboxylic acid groups (broad SMARTS) is 1. The van der Waals surface area contributed by atoms with E-state index in [4.69, 9.17) is 4.74 Å². The maximum absolute atomic E-state index is 12.3. The topological polar surface area (TPSA) is 116 Å². The molecular formula is C25H23NO6. The number of hydrogen-bond donors (Lipinski definition) is 4. The van der Waals surface area contributed by atoms with Gasteiger partial charge >= 0.3 is 12.1 Å². The van der Waals surface area contributed by atoms with E-state index in [1.165, 1.54) is 18.2 Å². The number of rotatable bonds is 7. The Balaban J connectivity index is 1.36. The maximum Gasteiger partial charge on any atom is 0.407 e. The molecule has 0 bridgehead atoms. The smallest absolute Gasteiger partial charge is 0.407 e. The second kappa shape index (κ2) is 9.01. The van der Waals surface area contributed by atoms with E-state index in [1.54, 1.807) is 0 Å². The van der Waals surface area contributed by atoms with Gasteiger partial charge in [-0.1, -0.05) is 54.6 Å². The van der Waals surface area contributed by atoms with Gasteiger partial charge in [-0.25, -0.2) is 4.79 Å². The lowest BCUT2D eigenvalue weighted by Crippen LogP contribution is -2.35. The van der Waals surface area contributed by atoms with Gasteiger partial charge in [-0.3, -0.25) is 4.79 Å². The summed E-state index contributed by atoms with van der Waals surface area (Å²) in [6.45, 7) is 0.0110. The molecule has 3 aromatic rings. The molecule has 0 aliphatic heterocycles. The van der Waals surface area contributed by atoms with Gasteiger partial charge < -0.3 is 25.4 Å². The van der Waals surface area contributed by atoms with Crippen molar-refractivity contribution in [2.45, 2.75) is 12.3 Å². The minimum atomic E-state index is -1.09. The molecular weight excluding hydrogens is 410 g/mol. The Morgan fingerprint density at radius 3 is 2.12 bits per heavy atom. The van der Waals surface area contributed by atoms with Crippen LogP contribution in [0.2, 0.25) is 0 Å². The third-order valence-corrected chi connectivity index (χ3v) is 5.71. The average molecular weight is 433 g/mol. The van der Waals surface area contributed by atoms with Gasteiger partial charge in [0, 0.05) is 12.5 Å². The molecule has 32 heavy (non-hydrogen) atoms. The number of alkyl carbamates (subject to hydrolysis) is 1. The molecule has 1 aliphatic carbocycles. The summed E-state index contributed by atoms with van der Waals surface area (Å²) >= 11 is 0. The van der Waals surface area contributed by atoms with Gasteiger partial charge in [0.25, 0.3) is 0 Å².